The SMILES string of the molecule is O=C([C@@H]1C[C@H]1F)N1C[C@@H]2CNC[C@@H](C2)C1. The van der Waals surface area contributed by atoms with E-state index in [2.05, 4.69) is 5.32 Å². The van der Waals surface area contributed by atoms with Crippen molar-refractivity contribution in [3.8, 4) is 0 Å². The van der Waals surface area contributed by atoms with Crippen LogP contribution < -0.4 is 5.32 Å². The molecule has 3 nitrogen and oxygen atoms in total. The molecule has 3 rings (SSSR count). The van der Waals surface area contributed by atoms with Crippen molar-refractivity contribution in [2.45, 2.75) is 19.0 Å². The third-order valence-electron chi connectivity index (χ3n) is 3.83. The monoisotopic (exact) mass is 212 g/mol. The molecule has 84 valence electrons. The van der Waals surface area contributed by atoms with E-state index in [0.29, 0.717) is 18.3 Å². The first-order valence-corrected chi connectivity index (χ1v) is 5.87. The van der Waals surface area contributed by atoms with Gasteiger partial charge < -0.3 is 10.2 Å². The molecule has 1 aliphatic carbocycles. The number of fused-ring (bicyclic) bond motifs is 2. The maximum absolute atomic E-state index is 12.8. The smallest absolute Gasteiger partial charge is 0.228 e. The largest absolute Gasteiger partial charge is 0.342 e. The van der Waals surface area contributed by atoms with Gasteiger partial charge in [0, 0.05) is 13.1 Å². The van der Waals surface area contributed by atoms with E-state index < -0.39 is 6.17 Å². The minimum atomic E-state index is -0.850. The van der Waals surface area contributed by atoms with Crippen LogP contribution in [0.5, 0.6) is 0 Å². The van der Waals surface area contributed by atoms with Crippen molar-refractivity contribution in [1.29, 1.82) is 0 Å². The van der Waals surface area contributed by atoms with Gasteiger partial charge in [-0.25, -0.2) is 4.39 Å². The van der Waals surface area contributed by atoms with E-state index in [9.17, 15) is 9.18 Å². The average Bonchev–Trinajstić information content (AvgIpc) is 2.94. The van der Waals surface area contributed by atoms with Crippen LogP contribution in [-0.4, -0.2) is 43.2 Å². The Kier molecular flexibility index (Phi) is 2.20. The molecule has 2 saturated heterocycles. The molecule has 2 aliphatic heterocycles. The summed E-state index contributed by atoms with van der Waals surface area (Å²) in [6, 6.07) is 0. The molecule has 0 unspecified atom stereocenters. The molecule has 3 aliphatic rings. The van der Waals surface area contributed by atoms with Crippen LogP contribution in [0, 0.1) is 17.8 Å². The first-order valence-electron chi connectivity index (χ1n) is 5.87. The molecule has 1 saturated carbocycles. The van der Waals surface area contributed by atoms with E-state index in [-0.39, 0.29) is 11.8 Å². The van der Waals surface area contributed by atoms with Crippen LogP contribution in [0.3, 0.4) is 0 Å². The van der Waals surface area contributed by atoms with E-state index in [1.54, 1.807) is 0 Å². The second-order valence-electron chi connectivity index (χ2n) is 5.23. The quantitative estimate of drug-likeness (QED) is 0.683. The van der Waals surface area contributed by atoms with Gasteiger partial charge in [0.05, 0.1) is 5.92 Å². The number of carbonyl (C=O) groups is 1. The predicted octanol–water partition coefficient (Wildman–Crippen LogP) is 0.412. The lowest BCUT2D eigenvalue weighted by Crippen LogP contribution is -2.53. The van der Waals surface area contributed by atoms with Gasteiger partial charge in [-0.2, -0.15) is 0 Å². The molecule has 4 heteroatoms. The van der Waals surface area contributed by atoms with Crippen molar-refractivity contribution in [3.05, 3.63) is 0 Å². The van der Waals surface area contributed by atoms with Crippen LogP contribution in [0.1, 0.15) is 12.8 Å². The van der Waals surface area contributed by atoms with Crippen LogP contribution in [0.25, 0.3) is 0 Å². The van der Waals surface area contributed by atoms with Crippen molar-refractivity contribution in [2.24, 2.45) is 17.8 Å². The molecule has 0 aromatic heterocycles. The number of hydrogen-bond donors (Lipinski definition) is 1. The summed E-state index contributed by atoms with van der Waals surface area (Å²) in [7, 11) is 0. The molecule has 15 heavy (non-hydrogen) atoms. The highest BCUT2D eigenvalue weighted by Gasteiger charge is 2.47. The number of alkyl halides is 1. The maximum Gasteiger partial charge on any atom is 0.228 e. The summed E-state index contributed by atoms with van der Waals surface area (Å²) in [6.07, 6.45) is 0.848. The fraction of sp³-hybridized carbons (Fsp3) is 0.909. The van der Waals surface area contributed by atoms with E-state index in [4.69, 9.17) is 0 Å². The second-order valence-corrected chi connectivity index (χ2v) is 5.23. The van der Waals surface area contributed by atoms with Gasteiger partial charge in [0.2, 0.25) is 5.91 Å². The number of amides is 1. The molecular formula is C11H17FN2O. The zero-order chi connectivity index (χ0) is 10.4. The topological polar surface area (TPSA) is 32.3 Å². The number of likely N-dealkylation sites (tertiary alicyclic amines) is 1. The van der Waals surface area contributed by atoms with Crippen LogP contribution in [-0.2, 0) is 4.79 Å². The Bertz CT molecular complexity index is 272. The van der Waals surface area contributed by atoms with Crippen molar-refractivity contribution in [3.63, 3.8) is 0 Å². The minimum absolute atomic E-state index is 0.0686. The van der Waals surface area contributed by atoms with Gasteiger partial charge in [0.15, 0.2) is 0 Å². The lowest BCUT2D eigenvalue weighted by atomic mass is 9.85. The van der Waals surface area contributed by atoms with E-state index in [1.807, 2.05) is 4.90 Å². The van der Waals surface area contributed by atoms with Gasteiger partial charge in [0.1, 0.15) is 6.17 Å². The summed E-state index contributed by atoms with van der Waals surface area (Å²) in [5.74, 6) is 0.965. The molecule has 0 spiro atoms. The lowest BCUT2D eigenvalue weighted by Gasteiger charge is -2.41. The Morgan fingerprint density at radius 1 is 1.20 bits per heavy atom. The van der Waals surface area contributed by atoms with Crippen molar-refractivity contribution < 1.29 is 9.18 Å². The fourth-order valence-corrected chi connectivity index (χ4v) is 2.94. The van der Waals surface area contributed by atoms with Crippen molar-refractivity contribution in [1.82, 2.24) is 10.2 Å². The number of rotatable bonds is 1. The summed E-state index contributed by atoms with van der Waals surface area (Å²) in [5.41, 5.74) is 0. The van der Waals surface area contributed by atoms with Crippen LogP contribution >= 0.6 is 0 Å². The molecule has 0 aromatic carbocycles. The Morgan fingerprint density at radius 3 is 2.33 bits per heavy atom. The standard InChI is InChI=1S/C11H17FN2O/c12-10-2-9(10)11(15)14-5-7-1-8(6-14)4-13-3-7/h7-10,13H,1-6H2/t7-,8+,9-,10-/m1/s1. The number of nitrogens with zero attached hydrogens (tertiary/aromatic N) is 1. The summed E-state index contributed by atoms with van der Waals surface area (Å²) < 4.78 is 12.8. The summed E-state index contributed by atoms with van der Waals surface area (Å²) in [5, 5.41) is 3.39. The number of carbonyl (C=O) groups excluding carboxylic acids is 1. The highest BCUT2D eigenvalue weighted by atomic mass is 19.1. The molecule has 1 amide bonds. The van der Waals surface area contributed by atoms with Gasteiger partial charge in [-0.3, -0.25) is 4.79 Å². The third kappa shape index (κ3) is 1.75. The van der Waals surface area contributed by atoms with Crippen molar-refractivity contribution >= 4 is 5.91 Å². The van der Waals surface area contributed by atoms with Gasteiger partial charge in [0.25, 0.3) is 0 Å². The molecular weight excluding hydrogens is 195 g/mol. The van der Waals surface area contributed by atoms with E-state index >= 15 is 0 Å². The normalized spacial score (nSPS) is 43.9. The molecule has 0 radical (unpaired) electrons. The maximum atomic E-state index is 12.8. The molecule has 0 aromatic rings. The van der Waals surface area contributed by atoms with Crippen molar-refractivity contribution in [2.75, 3.05) is 26.2 Å². The summed E-state index contributed by atoms with van der Waals surface area (Å²) in [4.78, 5) is 13.8. The average molecular weight is 212 g/mol. The highest BCUT2D eigenvalue weighted by Crippen LogP contribution is 2.37. The second kappa shape index (κ2) is 3.44. The summed E-state index contributed by atoms with van der Waals surface area (Å²) >= 11 is 0. The van der Waals surface area contributed by atoms with Gasteiger partial charge in [-0.05, 0) is 37.8 Å². The van der Waals surface area contributed by atoms with Gasteiger partial charge >= 0.3 is 0 Å². The zero-order valence-electron chi connectivity index (χ0n) is 8.79. The lowest BCUT2D eigenvalue weighted by molar-refractivity contribution is -0.136. The van der Waals surface area contributed by atoms with E-state index in [1.165, 1.54) is 6.42 Å². The minimum Gasteiger partial charge on any atom is -0.342 e. The molecule has 3 fully saturated rings. The Balaban J connectivity index is 1.64. The van der Waals surface area contributed by atoms with Crippen LogP contribution in [0.4, 0.5) is 4.39 Å². The number of hydrogen-bond acceptors (Lipinski definition) is 2. The molecule has 2 bridgehead atoms. The van der Waals surface area contributed by atoms with E-state index in [0.717, 1.165) is 26.2 Å². The Hall–Kier alpha value is -0.640. The number of nitrogens with one attached hydrogen (secondary N) is 1. The Labute approximate surface area is 89.0 Å². The van der Waals surface area contributed by atoms with Gasteiger partial charge in [-0.1, -0.05) is 0 Å². The third-order valence-corrected chi connectivity index (χ3v) is 3.83. The number of piperidine rings is 2. The molecule has 1 N–H and O–H groups in total. The molecule has 2 heterocycles. The predicted molar refractivity (Wildman–Crippen MR) is 54.0 cm³/mol. The summed E-state index contributed by atoms with van der Waals surface area (Å²) in [6.45, 7) is 3.71. The highest BCUT2D eigenvalue weighted by molar-refractivity contribution is 5.82. The molecule has 4 atom stereocenters. The number of halogens is 1. The fourth-order valence-electron chi connectivity index (χ4n) is 2.94. The first-order chi connectivity index (χ1) is 7.24. The van der Waals surface area contributed by atoms with Crippen LogP contribution in [0.15, 0.2) is 0 Å². The Morgan fingerprint density at radius 2 is 1.80 bits per heavy atom. The first kappa shape index (κ1) is 9.58. The zero-order valence-corrected chi connectivity index (χ0v) is 8.79. The van der Waals surface area contributed by atoms with Gasteiger partial charge in [-0.15, -0.1) is 0 Å². The van der Waals surface area contributed by atoms with Crippen LogP contribution in [0.2, 0.25) is 0 Å².